The summed E-state index contributed by atoms with van der Waals surface area (Å²) in [6, 6.07) is 5.79. The molecule has 0 heterocycles. The number of hydrogen-bond donors (Lipinski definition) is 0. The van der Waals surface area contributed by atoms with E-state index in [9.17, 15) is 13.1 Å². The molecule has 0 aromatic heterocycles. The molecular weight excluding hydrogens is 256 g/mol. The van der Waals surface area contributed by atoms with Gasteiger partial charge in [-0.25, -0.2) is 0 Å². The molecule has 0 aliphatic rings. The Bertz CT molecular complexity index is 282. The van der Waals surface area contributed by atoms with Gasteiger partial charge in [-0.15, -0.1) is 0 Å². The third-order valence-corrected chi connectivity index (χ3v) is 2.62. The van der Waals surface area contributed by atoms with E-state index >= 15 is 0 Å². The summed E-state index contributed by atoms with van der Waals surface area (Å²) in [6.07, 6.45) is 0. The molecule has 0 bridgehead atoms. The summed E-state index contributed by atoms with van der Waals surface area (Å²) in [5.74, 6) is 0. The molecule has 1 aromatic rings. The van der Waals surface area contributed by atoms with Crippen molar-refractivity contribution >= 4 is 30.8 Å². The molecule has 1 aromatic carbocycles. The van der Waals surface area contributed by atoms with Gasteiger partial charge in [0.05, 0.1) is 0 Å². The van der Waals surface area contributed by atoms with Crippen molar-refractivity contribution in [2.24, 2.45) is 0 Å². The average Bonchev–Trinajstić information content (AvgIpc) is 2.05. The van der Waals surface area contributed by atoms with Gasteiger partial charge in [0.1, 0.15) is 0 Å². The predicted octanol–water partition coefficient (Wildman–Crippen LogP) is 0.270. The zero-order chi connectivity index (χ0) is 8.27. The van der Waals surface area contributed by atoms with Gasteiger partial charge in [-0.3, -0.25) is 0 Å². The van der Waals surface area contributed by atoms with E-state index in [0.29, 0.717) is 3.51 Å². The van der Waals surface area contributed by atoms with Gasteiger partial charge in [0.15, 0.2) is 0 Å². The van der Waals surface area contributed by atoms with E-state index in [-0.39, 0.29) is 5.69 Å². The molecule has 5 heteroatoms. The molecule has 0 saturated heterocycles. The third kappa shape index (κ3) is 2.08. The zero-order valence-electron chi connectivity index (χ0n) is 5.43. The normalized spacial score (nSPS) is 9.09. The molecule has 0 aliphatic carbocycles. The molecule has 0 atom stereocenters. The fourth-order valence-corrected chi connectivity index (χ4v) is 1.41. The van der Waals surface area contributed by atoms with E-state index < -0.39 is 26.5 Å². The summed E-state index contributed by atoms with van der Waals surface area (Å²) in [5, 5.41) is 10.1. The quantitative estimate of drug-likeness (QED) is 0.435. The molecule has 11 heavy (non-hydrogen) atoms. The number of nitrogens with zero attached hydrogens (tertiary/aromatic N) is 1. The van der Waals surface area contributed by atoms with Crippen LogP contribution in [-0.4, -0.2) is 26.5 Å². The Morgan fingerprint density at radius 1 is 1.27 bits per heavy atom. The van der Waals surface area contributed by atoms with E-state index in [4.69, 9.17) is 0 Å². The second-order valence-corrected chi connectivity index (χ2v) is 3.86. The Hall–Kier alpha value is -0.762. The Morgan fingerprint density at radius 2 is 1.82 bits per heavy atom. The van der Waals surface area contributed by atoms with E-state index in [0.717, 1.165) is 0 Å². The molecule has 0 unspecified atom stereocenters. The summed E-state index contributed by atoms with van der Waals surface area (Å²) in [7, 11) is 0. The Labute approximate surface area is 73.3 Å². The van der Waals surface area contributed by atoms with E-state index in [1.165, 1.54) is 24.3 Å². The third-order valence-electron chi connectivity index (χ3n) is 1.17. The molecule has 0 radical (unpaired) electrons. The van der Waals surface area contributed by atoms with Crippen molar-refractivity contribution in [2.75, 3.05) is 0 Å². The molecule has 0 N–H and O–H groups in total. The van der Waals surface area contributed by atoms with Crippen LogP contribution in [0.1, 0.15) is 0 Å². The molecule has 0 saturated carbocycles. The maximum absolute atomic E-state index is 10.4. The van der Waals surface area contributed by atoms with Crippen molar-refractivity contribution in [3.8, 4) is 0 Å². The summed E-state index contributed by atoms with van der Waals surface area (Å²) < 4.78 is 11.1. The maximum atomic E-state index is 10.4. The monoisotopic (exact) mass is 259 g/mol. The van der Waals surface area contributed by atoms with Gasteiger partial charge in [0.2, 0.25) is 0 Å². The summed E-state index contributed by atoms with van der Waals surface area (Å²) in [5.41, 5.74) is 0.0399. The van der Waals surface area contributed by atoms with Crippen molar-refractivity contribution in [2.45, 2.75) is 0 Å². The van der Waals surface area contributed by atoms with Gasteiger partial charge in [-0.1, -0.05) is 0 Å². The van der Waals surface area contributed by atoms with Gasteiger partial charge < -0.3 is 0 Å². The van der Waals surface area contributed by atoms with Gasteiger partial charge in [-0.2, -0.15) is 0 Å². The molecular formula is C6H4NO3Sb. The molecule has 1 rings (SSSR count). The van der Waals surface area contributed by atoms with Crippen molar-refractivity contribution in [1.29, 1.82) is 0 Å². The summed E-state index contributed by atoms with van der Waals surface area (Å²) in [4.78, 5) is 9.67. The number of non-ortho nitro benzene ring substituents is 1. The molecule has 0 aliphatic heterocycles. The van der Waals surface area contributed by atoms with Crippen LogP contribution in [0.25, 0.3) is 0 Å². The van der Waals surface area contributed by atoms with Crippen LogP contribution in [0.5, 0.6) is 0 Å². The SMILES string of the molecule is [O]=[Sb][c]1ccc([N+](=O)[O-])cc1. The van der Waals surface area contributed by atoms with Gasteiger partial charge in [0, 0.05) is 0 Å². The van der Waals surface area contributed by atoms with Crippen LogP contribution in [0.4, 0.5) is 5.69 Å². The van der Waals surface area contributed by atoms with Crippen molar-refractivity contribution in [3.05, 3.63) is 34.4 Å². The van der Waals surface area contributed by atoms with Gasteiger partial charge in [-0.05, 0) is 0 Å². The van der Waals surface area contributed by atoms with Crippen LogP contribution in [0, 0.1) is 10.1 Å². The Balaban J connectivity index is 3.00. The van der Waals surface area contributed by atoms with E-state index in [1.807, 2.05) is 0 Å². The molecule has 0 amide bonds. The molecule has 56 valence electrons. The predicted molar refractivity (Wildman–Crippen MR) is 39.2 cm³/mol. The number of nitro benzene ring substituents is 1. The minimum atomic E-state index is -1.51. The van der Waals surface area contributed by atoms with Crippen molar-refractivity contribution in [1.82, 2.24) is 0 Å². The average molecular weight is 260 g/mol. The van der Waals surface area contributed by atoms with Crippen LogP contribution >= 0.6 is 0 Å². The van der Waals surface area contributed by atoms with Crippen molar-refractivity contribution < 1.29 is 7.94 Å². The van der Waals surface area contributed by atoms with Crippen molar-refractivity contribution in [3.63, 3.8) is 0 Å². The van der Waals surface area contributed by atoms with Crippen LogP contribution < -0.4 is 3.51 Å². The van der Waals surface area contributed by atoms with Crippen LogP contribution in [-0.2, 0) is 3.02 Å². The van der Waals surface area contributed by atoms with E-state index in [2.05, 4.69) is 0 Å². The fraction of sp³-hybridized carbons (Fsp3) is 0. The fourth-order valence-electron chi connectivity index (χ4n) is 0.635. The van der Waals surface area contributed by atoms with Crippen LogP contribution in [0.15, 0.2) is 24.3 Å². The second-order valence-electron chi connectivity index (χ2n) is 1.86. The van der Waals surface area contributed by atoms with E-state index in [1.54, 1.807) is 0 Å². The summed E-state index contributed by atoms with van der Waals surface area (Å²) >= 11 is -1.51. The molecule has 4 nitrogen and oxygen atoms in total. The second kappa shape index (κ2) is 3.58. The molecule has 0 spiro atoms. The van der Waals surface area contributed by atoms with Gasteiger partial charge in [0.25, 0.3) is 0 Å². The first-order chi connectivity index (χ1) is 5.24. The number of nitro groups is 1. The number of benzene rings is 1. The Morgan fingerprint density at radius 3 is 2.18 bits per heavy atom. The summed E-state index contributed by atoms with van der Waals surface area (Å²) in [6.45, 7) is 0. The Kier molecular flexibility index (Phi) is 2.71. The first-order valence-electron chi connectivity index (χ1n) is 2.82. The van der Waals surface area contributed by atoms with Gasteiger partial charge >= 0.3 is 73.1 Å². The first-order valence-corrected chi connectivity index (χ1v) is 5.13. The first kappa shape index (κ1) is 8.34. The topological polar surface area (TPSA) is 60.2 Å². The number of hydrogen-bond acceptors (Lipinski definition) is 3. The van der Waals surface area contributed by atoms with Crippen LogP contribution in [0.3, 0.4) is 0 Å². The standard InChI is InChI=1S/C6H4NO2.O.Sb/c8-7(9)6-4-2-1-3-5-6;;/h2-5H;;. The minimum absolute atomic E-state index is 0.0399. The van der Waals surface area contributed by atoms with Crippen LogP contribution in [0.2, 0.25) is 0 Å². The number of rotatable bonds is 2. The molecule has 0 fully saturated rings. The zero-order valence-corrected chi connectivity index (χ0v) is 7.98.